The van der Waals surface area contributed by atoms with E-state index in [0.717, 1.165) is 0 Å². The van der Waals surface area contributed by atoms with Crippen molar-refractivity contribution >= 4 is 19.7 Å². The summed E-state index contributed by atoms with van der Waals surface area (Å²) in [4.78, 5) is 0. The van der Waals surface area contributed by atoms with Gasteiger partial charge < -0.3 is 4.74 Å². The van der Waals surface area contributed by atoms with Gasteiger partial charge in [0.25, 0.3) is 0 Å². The van der Waals surface area contributed by atoms with Gasteiger partial charge in [-0.2, -0.15) is 0 Å². The fourth-order valence-corrected chi connectivity index (χ4v) is 3.45. The fourth-order valence-electron chi connectivity index (χ4n) is 1.29. The lowest BCUT2D eigenvalue weighted by Crippen LogP contribution is -2.13. The van der Waals surface area contributed by atoms with E-state index in [4.69, 9.17) is 15.4 Å². The molecule has 1 aliphatic rings. The molecule has 0 heterocycles. The highest BCUT2D eigenvalue weighted by Gasteiger charge is 2.57. The lowest BCUT2D eigenvalue weighted by atomic mass is 10.2. The fraction of sp³-hybridized carbons (Fsp3) is 1.00. The second-order valence-electron chi connectivity index (χ2n) is 3.26. The van der Waals surface area contributed by atoms with Gasteiger partial charge in [-0.3, -0.25) is 0 Å². The average Bonchev–Trinajstić information content (AvgIpc) is 2.41. The first-order valence-electron chi connectivity index (χ1n) is 3.32. The van der Waals surface area contributed by atoms with E-state index in [-0.39, 0.29) is 5.41 Å². The monoisotopic (exact) mass is 198 g/mol. The Bertz CT molecular complexity index is 249. The van der Waals surface area contributed by atoms with Crippen molar-refractivity contribution in [1.29, 1.82) is 0 Å². The Labute approximate surface area is 71.1 Å². The molecule has 0 N–H and O–H groups in total. The molecule has 1 aliphatic carbocycles. The summed E-state index contributed by atoms with van der Waals surface area (Å²) in [7, 11) is 3.36. The van der Waals surface area contributed by atoms with E-state index in [9.17, 15) is 8.42 Å². The normalized spacial score (nSPS) is 37.2. The third-order valence-electron chi connectivity index (χ3n) is 2.08. The van der Waals surface area contributed by atoms with Crippen molar-refractivity contribution in [3.63, 3.8) is 0 Å². The van der Waals surface area contributed by atoms with E-state index in [1.807, 2.05) is 6.92 Å². The molecule has 0 radical (unpaired) electrons. The van der Waals surface area contributed by atoms with Crippen LogP contribution in [0.2, 0.25) is 0 Å². The summed E-state index contributed by atoms with van der Waals surface area (Å²) in [5.74, 6) is 0. The van der Waals surface area contributed by atoms with Crippen LogP contribution < -0.4 is 0 Å². The summed E-state index contributed by atoms with van der Waals surface area (Å²) in [6.07, 6.45) is 0.618. The predicted octanol–water partition coefficient (Wildman–Crippen LogP) is 0.980. The van der Waals surface area contributed by atoms with E-state index in [2.05, 4.69) is 0 Å². The molecule has 0 aromatic carbocycles. The van der Waals surface area contributed by atoms with Crippen molar-refractivity contribution in [2.45, 2.75) is 18.6 Å². The van der Waals surface area contributed by atoms with Gasteiger partial charge in [0.2, 0.25) is 9.05 Å². The Morgan fingerprint density at radius 2 is 2.27 bits per heavy atom. The summed E-state index contributed by atoms with van der Waals surface area (Å²) in [6.45, 7) is 2.32. The Kier molecular flexibility index (Phi) is 2.20. The molecule has 2 atom stereocenters. The van der Waals surface area contributed by atoms with Crippen LogP contribution in [0.15, 0.2) is 0 Å². The third kappa shape index (κ3) is 1.86. The van der Waals surface area contributed by atoms with Crippen LogP contribution in [0, 0.1) is 5.41 Å². The Hall–Kier alpha value is 0.200. The van der Waals surface area contributed by atoms with Gasteiger partial charge in [0.05, 0.1) is 11.9 Å². The second-order valence-corrected chi connectivity index (χ2v) is 6.07. The SMILES string of the molecule is COCC1(C)CC1S(=O)(=O)Cl. The smallest absolute Gasteiger partial charge is 0.236 e. The van der Waals surface area contributed by atoms with Gasteiger partial charge in [-0.1, -0.05) is 6.92 Å². The first kappa shape index (κ1) is 9.29. The molecule has 1 fully saturated rings. The second kappa shape index (κ2) is 2.61. The summed E-state index contributed by atoms with van der Waals surface area (Å²) >= 11 is 0. The zero-order chi connectivity index (χ0) is 8.70. The molecule has 0 amide bonds. The lowest BCUT2D eigenvalue weighted by Gasteiger charge is -2.06. The molecule has 5 heteroatoms. The van der Waals surface area contributed by atoms with Crippen LogP contribution in [-0.4, -0.2) is 27.4 Å². The van der Waals surface area contributed by atoms with Gasteiger partial charge >= 0.3 is 0 Å². The summed E-state index contributed by atoms with van der Waals surface area (Å²) in [5.41, 5.74) is -0.241. The summed E-state index contributed by atoms with van der Waals surface area (Å²) in [6, 6.07) is 0. The van der Waals surface area contributed by atoms with Gasteiger partial charge in [-0.05, 0) is 6.42 Å². The Morgan fingerprint density at radius 1 is 1.73 bits per heavy atom. The molecule has 0 spiro atoms. The summed E-state index contributed by atoms with van der Waals surface area (Å²) < 4.78 is 26.5. The molecule has 66 valence electrons. The van der Waals surface area contributed by atoms with Crippen molar-refractivity contribution < 1.29 is 13.2 Å². The molecule has 0 aliphatic heterocycles. The van der Waals surface area contributed by atoms with Crippen molar-refractivity contribution in [2.75, 3.05) is 13.7 Å². The first-order valence-corrected chi connectivity index (χ1v) is 5.70. The zero-order valence-corrected chi connectivity index (χ0v) is 8.07. The molecule has 0 saturated heterocycles. The maximum absolute atomic E-state index is 10.8. The minimum Gasteiger partial charge on any atom is -0.384 e. The molecule has 1 saturated carbocycles. The molecule has 2 unspecified atom stereocenters. The number of methoxy groups -OCH3 is 1. The molecule has 0 bridgehead atoms. The third-order valence-corrected chi connectivity index (χ3v) is 4.14. The largest absolute Gasteiger partial charge is 0.384 e. The molecule has 0 aromatic heterocycles. The topological polar surface area (TPSA) is 43.4 Å². The number of rotatable bonds is 3. The van der Waals surface area contributed by atoms with Crippen molar-refractivity contribution in [3.8, 4) is 0 Å². The minimum absolute atomic E-state index is 0.241. The van der Waals surface area contributed by atoms with Crippen LogP contribution in [0.4, 0.5) is 0 Å². The van der Waals surface area contributed by atoms with Crippen LogP contribution in [-0.2, 0) is 13.8 Å². The molecular formula is C6H11ClO3S. The van der Waals surface area contributed by atoms with Crippen molar-refractivity contribution in [2.24, 2.45) is 5.41 Å². The predicted molar refractivity (Wildman–Crippen MR) is 43.2 cm³/mol. The van der Waals surface area contributed by atoms with E-state index in [1.54, 1.807) is 7.11 Å². The van der Waals surface area contributed by atoms with Crippen LogP contribution >= 0.6 is 10.7 Å². The van der Waals surface area contributed by atoms with E-state index >= 15 is 0 Å². The molecule has 1 rings (SSSR count). The minimum atomic E-state index is -3.37. The molecule has 0 aromatic rings. The van der Waals surface area contributed by atoms with Gasteiger partial charge in [-0.25, -0.2) is 8.42 Å². The van der Waals surface area contributed by atoms with E-state index in [0.29, 0.717) is 13.0 Å². The number of hydrogen-bond acceptors (Lipinski definition) is 3. The highest BCUT2D eigenvalue weighted by atomic mass is 35.7. The van der Waals surface area contributed by atoms with E-state index < -0.39 is 14.3 Å². The number of halogens is 1. The van der Waals surface area contributed by atoms with Crippen LogP contribution in [0.3, 0.4) is 0 Å². The standard InChI is InChI=1S/C6H11ClO3S/c1-6(4-10-2)3-5(6)11(7,8)9/h5H,3-4H2,1-2H3. The van der Waals surface area contributed by atoms with Crippen LogP contribution in [0.1, 0.15) is 13.3 Å². The van der Waals surface area contributed by atoms with Gasteiger partial charge in [-0.15, -0.1) is 0 Å². The quantitative estimate of drug-likeness (QED) is 0.635. The van der Waals surface area contributed by atoms with Crippen LogP contribution in [0.5, 0.6) is 0 Å². The number of hydrogen-bond donors (Lipinski definition) is 0. The average molecular weight is 199 g/mol. The zero-order valence-electron chi connectivity index (χ0n) is 6.50. The molecular weight excluding hydrogens is 188 g/mol. The maximum atomic E-state index is 10.8. The highest BCUT2D eigenvalue weighted by molar-refractivity contribution is 8.14. The van der Waals surface area contributed by atoms with Gasteiger partial charge in [0, 0.05) is 23.2 Å². The summed E-state index contributed by atoms with van der Waals surface area (Å²) in [5, 5.41) is -0.406. The molecule has 11 heavy (non-hydrogen) atoms. The molecule has 3 nitrogen and oxygen atoms in total. The Morgan fingerprint density at radius 3 is 2.55 bits per heavy atom. The maximum Gasteiger partial charge on any atom is 0.236 e. The lowest BCUT2D eigenvalue weighted by molar-refractivity contribution is 0.150. The Balaban J connectivity index is 2.60. The highest BCUT2D eigenvalue weighted by Crippen LogP contribution is 2.51. The first-order chi connectivity index (χ1) is 4.90. The van der Waals surface area contributed by atoms with Crippen molar-refractivity contribution in [3.05, 3.63) is 0 Å². The number of ether oxygens (including phenoxy) is 1. The van der Waals surface area contributed by atoms with E-state index in [1.165, 1.54) is 0 Å². The van der Waals surface area contributed by atoms with Gasteiger partial charge in [0.15, 0.2) is 0 Å². The van der Waals surface area contributed by atoms with Crippen LogP contribution in [0.25, 0.3) is 0 Å². The van der Waals surface area contributed by atoms with Gasteiger partial charge in [0.1, 0.15) is 0 Å². The van der Waals surface area contributed by atoms with Crippen molar-refractivity contribution in [1.82, 2.24) is 0 Å².